The predicted octanol–water partition coefficient (Wildman–Crippen LogP) is 0.376. The van der Waals surface area contributed by atoms with Gasteiger partial charge in [0, 0.05) is 0 Å². The van der Waals surface area contributed by atoms with Crippen molar-refractivity contribution in [1.82, 2.24) is 0 Å². The Bertz CT molecular complexity index is 18.5. The summed E-state index contributed by atoms with van der Waals surface area (Å²) in [5, 5.41) is 0. The van der Waals surface area contributed by atoms with Gasteiger partial charge in [-0.15, -0.1) is 24.8 Å². The Kier molecular flexibility index (Phi) is 211. The van der Waals surface area contributed by atoms with Crippen molar-refractivity contribution in [3.8, 4) is 0 Å². The molecule has 0 amide bonds. The van der Waals surface area contributed by atoms with Gasteiger partial charge in [-0.3, -0.25) is 0 Å². The molecule has 0 unspecified atom stereocenters. The summed E-state index contributed by atoms with van der Waals surface area (Å²) in [6.45, 7) is 0. The average Bonchev–Trinajstić information content (AvgIpc) is 0. The van der Waals surface area contributed by atoms with Crippen LogP contribution in [0.5, 0.6) is 0 Å². The van der Waals surface area contributed by atoms with E-state index in [0.717, 1.165) is 0 Å². The van der Waals surface area contributed by atoms with Crippen molar-refractivity contribution in [2.24, 2.45) is 0 Å². The fourth-order valence-electron chi connectivity index (χ4n) is 0. The number of hydrogen-bond donors (Lipinski definition) is 0. The molecule has 0 rings (SSSR count). The van der Waals surface area contributed by atoms with Crippen LogP contribution in [-0.2, 0) is 0 Å². The van der Waals surface area contributed by atoms with Crippen molar-refractivity contribution in [3.05, 3.63) is 0 Å². The van der Waals surface area contributed by atoms with Crippen LogP contribution in [0.25, 0.3) is 0 Å². The van der Waals surface area contributed by atoms with Crippen LogP contribution in [-0.4, -0.2) is 83.8 Å². The summed E-state index contributed by atoms with van der Waals surface area (Å²) < 4.78 is 0. The third-order valence-corrected chi connectivity index (χ3v) is 0. The molecule has 0 aliphatic rings. The monoisotopic (exact) mass is 166 g/mol. The zero-order valence-electron chi connectivity index (χ0n) is 8.94. The van der Waals surface area contributed by atoms with Crippen LogP contribution in [0.1, 0.15) is 8.56 Å². The van der Waals surface area contributed by atoms with E-state index >= 15 is 0 Å². The van der Waals surface area contributed by atoms with Crippen LogP contribution in [0.4, 0.5) is 0 Å². The Morgan fingerprint density at radius 2 is 0.800 bits per heavy atom. The molecule has 0 radical (unpaired) electrons. The van der Waals surface area contributed by atoms with Gasteiger partial charge >= 0.3 is 83.8 Å². The Morgan fingerprint density at radius 3 is 0.800 bits per heavy atom. The first-order chi connectivity index (χ1) is 0. The second-order valence-corrected chi connectivity index (χ2v) is 0. The van der Waals surface area contributed by atoms with Crippen LogP contribution in [0.15, 0.2) is 0 Å². The average molecular weight is 168 g/mol. The van der Waals surface area contributed by atoms with Crippen LogP contribution in [0.3, 0.4) is 0 Å². The summed E-state index contributed by atoms with van der Waals surface area (Å²) >= 11 is 0. The Hall–Kier alpha value is 3.37. The van der Waals surface area contributed by atoms with Gasteiger partial charge in [0.1, 0.15) is 0 Å². The maximum Gasteiger partial charge on any atom is 2.00 e. The van der Waals surface area contributed by atoms with Gasteiger partial charge in [0.25, 0.3) is 0 Å². The molecule has 0 fully saturated rings. The van der Waals surface area contributed by atoms with E-state index in [1.54, 1.807) is 0 Å². The van der Waals surface area contributed by atoms with E-state index in [4.69, 9.17) is 0 Å². The first-order valence-electron chi connectivity index (χ1n) is 0. The molecule has 0 aromatic rings. The predicted molar refractivity (Wildman–Crippen MR) is 38.4 cm³/mol. The van der Waals surface area contributed by atoms with Gasteiger partial charge in [0.05, 0.1) is 0 Å². The van der Waals surface area contributed by atoms with Crippen molar-refractivity contribution in [2.75, 3.05) is 0 Å². The maximum absolute atomic E-state index is 0. The fourth-order valence-corrected chi connectivity index (χ4v) is 0. The van der Waals surface area contributed by atoms with E-state index in [1.807, 2.05) is 0 Å². The topological polar surface area (TPSA) is 0 Å². The molecule has 5 heavy (non-hydrogen) atoms. The van der Waals surface area contributed by atoms with Gasteiger partial charge in [0.15, 0.2) is 0 Å². The van der Waals surface area contributed by atoms with Crippen molar-refractivity contribution in [1.29, 1.82) is 0 Å². The van der Waals surface area contributed by atoms with Gasteiger partial charge < -0.3 is 8.56 Å². The second kappa shape index (κ2) is 26.3. The molecular weight excluding hydrogens is 160 g/mol. The van der Waals surface area contributed by atoms with E-state index in [9.17, 15) is 0 Å². The van der Waals surface area contributed by atoms with Crippen LogP contribution >= 0.6 is 24.8 Å². The van der Waals surface area contributed by atoms with Crippen LogP contribution < -0.4 is 0 Å². The molecule has 0 saturated heterocycles. The van der Waals surface area contributed by atoms with Crippen molar-refractivity contribution in [2.45, 2.75) is 0 Å². The Morgan fingerprint density at radius 1 is 0.800 bits per heavy atom. The summed E-state index contributed by atoms with van der Waals surface area (Å²) in [6, 6.07) is 0. The van der Waals surface area contributed by atoms with Crippen molar-refractivity contribution < 1.29 is 8.56 Å². The summed E-state index contributed by atoms with van der Waals surface area (Å²) in [5.74, 6) is 0. The minimum atomic E-state index is 0. The SMILES string of the molecule is Cl.Cl.[Ca+2].[H-].[H-].[H-].[H-].[H-].[H-].[Mg+2].[Mg+2]. The summed E-state index contributed by atoms with van der Waals surface area (Å²) in [7, 11) is 0. The third-order valence-electron chi connectivity index (χ3n) is 0. The standard InChI is InChI=1S/Ca.2ClH.2Mg.6H/h;2*1H;;;;;;;;/q+2;;;2*+2;6*-1. The van der Waals surface area contributed by atoms with Gasteiger partial charge in [-0.2, -0.15) is 0 Å². The van der Waals surface area contributed by atoms with Crippen molar-refractivity contribution >= 4 is 109 Å². The normalized spacial score (nSPS) is 0. The van der Waals surface area contributed by atoms with Gasteiger partial charge in [-0.25, -0.2) is 0 Å². The molecule has 0 nitrogen and oxygen atoms in total. The molecule has 0 aromatic carbocycles. The van der Waals surface area contributed by atoms with E-state index in [2.05, 4.69) is 0 Å². The molecule has 0 aromatic heterocycles. The Balaban J connectivity index is 0. The van der Waals surface area contributed by atoms with E-state index in [-0.39, 0.29) is 117 Å². The number of hydrogen-bond acceptors (Lipinski definition) is 0. The molecule has 0 saturated carbocycles. The summed E-state index contributed by atoms with van der Waals surface area (Å²) in [4.78, 5) is 0. The number of halogens is 2. The zero-order chi connectivity index (χ0) is 0. The quantitative estimate of drug-likeness (QED) is 0.458. The third kappa shape index (κ3) is 18.7. The summed E-state index contributed by atoms with van der Waals surface area (Å²) in [5.41, 5.74) is 0. The van der Waals surface area contributed by atoms with Crippen LogP contribution in [0.2, 0.25) is 0 Å². The number of rotatable bonds is 0. The molecule has 0 spiro atoms. The molecule has 5 heteroatoms. The van der Waals surface area contributed by atoms with Crippen LogP contribution in [0, 0.1) is 0 Å². The first kappa shape index (κ1) is 40.0. The van der Waals surface area contributed by atoms with E-state index in [1.165, 1.54) is 0 Å². The molecule has 0 atom stereocenters. The van der Waals surface area contributed by atoms with E-state index < -0.39 is 0 Å². The molecule has 28 valence electrons. The van der Waals surface area contributed by atoms with Gasteiger partial charge in [-0.05, 0) is 0 Å². The summed E-state index contributed by atoms with van der Waals surface area (Å²) in [6.07, 6.45) is 0. The molecule has 0 aliphatic carbocycles. The van der Waals surface area contributed by atoms with Gasteiger partial charge in [-0.1, -0.05) is 0 Å². The largest absolute Gasteiger partial charge is 2.00 e. The molecular formula is H8CaCl2Mg2. The minimum absolute atomic E-state index is 0. The van der Waals surface area contributed by atoms with E-state index in [0.29, 0.717) is 0 Å². The maximum atomic E-state index is 0. The molecule has 0 heterocycles. The smallest absolute Gasteiger partial charge is 1.00 e. The van der Waals surface area contributed by atoms with Gasteiger partial charge in [0.2, 0.25) is 0 Å². The fraction of sp³-hybridized carbons (Fsp3) is 0. The molecule has 0 aliphatic heterocycles. The Labute approximate surface area is 115 Å². The first-order valence-corrected chi connectivity index (χ1v) is 0. The second-order valence-electron chi connectivity index (χ2n) is 0. The minimum Gasteiger partial charge on any atom is -1.00 e. The van der Waals surface area contributed by atoms with Crippen molar-refractivity contribution in [3.63, 3.8) is 0 Å². The zero-order valence-corrected chi connectivity index (χ0v) is 9.61. The molecule has 0 N–H and O–H groups in total. The molecule has 0 bridgehead atoms.